The highest BCUT2D eigenvalue weighted by Gasteiger charge is 2.08. The van der Waals surface area contributed by atoms with Gasteiger partial charge in [0.1, 0.15) is 0 Å². The smallest absolute Gasteiger partial charge is 0.0276 e. The van der Waals surface area contributed by atoms with Crippen molar-refractivity contribution in [2.24, 2.45) is 50.5 Å². The fraction of sp³-hybridized carbons (Fsp3) is 0.880. The Hall–Kier alpha value is -0.990. The molecule has 0 aromatic heterocycles. The summed E-state index contributed by atoms with van der Waals surface area (Å²) in [6.07, 6.45) is 0. The van der Waals surface area contributed by atoms with E-state index < -0.39 is 0 Å². The third kappa shape index (κ3) is 17.1. The number of hydrogen-bond donors (Lipinski definition) is 0. The van der Waals surface area contributed by atoms with Crippen molar-refractivity contribution in [1.82, 2.24) is 0 Å². The molecule has 0 bridgehead atoms. The molecule has 170 valence electrons. The van der Waals surface area contributed by atoms with Gasteiger partial charge in [-0.2, -0.15) is 0 Å². The van der Waals surface area contributed by atoms with Crippen LogP contribution >= 0.6 is 0 Å². The van der Waals surface area contributed by atoms with Crippen LogP contribution in [0.15, 0.2) is 15.0 Å². The summed E-state index contributed by atoms with van der Waals surface area (Å²) in [4.78, 5) is 12.6. The maximum absolute atomic E-state index is 4.20. The van der Waals surface area contributed by atoms with Gasteiger partial charge >= 0.3 is 0 Å². The first-order valence-electron chi connectivity index (χ1n) is 10.7. The normalized spacial score (nSPS) is 10.2. The van der Waals surface area contributed by atoms with Crippen LogP contribution in [0.25, 0.3) is 0 Å². The Balaban J connectivity index is -0.000000152. The van der Waals surface area contributed by atoms with Crippen molar-refractivity contribution in [3.05, 3.63) is 0 Å². The minimum Gasteiger partial charge on any atom is -0.297 e. The molecule has 0 rings (SSSR count). The molecule has 0 saturated heterocycles. The van der Waals surface area contributed by atoms with Gasteiger partial charge in [-0.15, -0.1) is 0 Å². The second kappa shape index (κ2) is 19.3. The van der Waals surface area contributed by atoms with E-state index in [1.54, 1.807) is 0 Å². The summed E-state index contributed by atoms with van der Waals surface area (Å²) in [5, 5.41) is 0. The van der Waals surface area contributed by atoms with Crippen molar-refractivity contribution in [3.8, 4) is 0 Å². The van der Waals surface area contributed by atoms with E-state index in [-0.39, 0.29) is 7.43 Å². The number of hydrogen-bond acceptors (Lipinski definition) is 3. The van der Waals surface area contributed by atoms with Gasteiger partial charge in [0.15, 0.2) is 0 Å². The number of nitrogens with zero attached hydrogens (tertiary/aromatic N) is 3. The first-order chi connectivity index (χ1) is 12.3. The van der Waals surface area contributed by atoms with Crippen LogP contribution in [0, 0.1) is 35.5 Å². The Bertz CT molecular complexity index is 340. The summed E-state index contributed by atoms with van der Waals surface area (Å²) < 4.78 is 0. The highest BCUT2D eigenvalue weighted by molar-refractivity contribution is 5.88. The van der Waals surface area contributed by atoms with Gasteiger partial charge in [-0.3, -0.25) is 15.0 Å². The lowest BCUT2D eigenvalue weighted by molar-refractivity contribution is 0.762. The topological polar surface area (TPSA) is 37.1 Å². The summed E-state index contributed by atoms with van der Waals surface area (Å²) in [7, 11) is 5.61. The van der Waals surface area contributed by atoms with Gasteiger partial charge in [-0.25, -0.2) is 0 Å². The van der Waals surface area contributed by atoms with Crippen molar-refractivity contribution in [2.75, 3.05) is 21.1 Å². The van der Waals surface area contributed by atoms with Crippen LogP contribution in [0.3, 0.4) is 0 Å². The summed E-state index contributed by atoms with van der Waals surface area (Å²) in [6.45, 7) is 26.2. The van der Waals surface area contributed by atoms with Gasteiger partial charge in [0.2, 0.25) is 0 Å². The minimum atomic E-state index is 0. The van der Waals surface area contributed by atoms with Gasteiger partial charge in [0.25, 0.3) is 0 Å². The SMILES string of the molecule is C.CN=C(C(C)C)C(C)C.CN=C(C(C)C)C(C)C.CN=C(C(C)C)C(C)C. The fourth-order valence-corrected chi connectivity index (χ4v) is 3.55. The highest BCUT2D eigenvalue weighted by atomic mass is 14.7. The standard InChI is InChI=1S/3C8H17N.CH4/c3*1-6(2)8(9-5)7(3)4;/h3*6-7H,1-5H3;1H4. The Kier molecular flexibility index (Phi) is 23.8. The molecule has 0 aromatic rings. The first-order valence-corrected chi connectivity index (χ1v) is 10.7. The second-order valence-electron chi connectivity index (χ2n) is 8.87. The molecule has 3 nitrogen and oxygen atoms in total. The van der Waals surface area contributed by atoms with E-state index in [2.05, 4.69) is 98.1 Å². The highest BCUT2D eigenvalue weighted by Crippen LogP contribution is 2.07. The molecule has 0 heterocycles. The maximum Gasteiger partial charge on any atom is 0.0276 e. The van der Waals surface area contributed by atoms with Gasteiger partial charge in [-0.1, -0.05) is 90.5 Å². The van der Waals surface area contributed by atoms with Crippen LogP contribution in [0.4, 0.5) is 0 Å². The fourth-order valence-electron chi connectivity index (χ4n) is 3.55. The average molecular weight is 398 g/mol. The van der Waals surface area contributed by atoms with Crippen LogP contribution in [-0.2, 0) is 0 Å². The Labute approximate surface area is 179 Å². The molecule has 0 atom stereocenters. The van der Waals surface area contributed by atoms with Crippen molar-refractivity contribution in [2.45, 2.75) is 90.5 Å². The molecule has 28 heavy (non-hydrogen) atoms. The second-order valence-corrected chi connectivity index (χ2v) is 8.87. The monoisotopic (exact) mass is 397 g/mol. The maximum atomic E-state index is 4.20. The van der Waals surface area contributed by atoms with Crippen LogP contribution in [0.1, 0.15) is 90.5 Å². The van der Waals surface area contributed by atoms with Crippen LogP contribution < -0.4 is 0 Å². The van der Waals surface area contributed by atoms with Crippen molar-refractivity contribution < 1.29 is 0 Å². The van der Waals surface area contributed by atoms with Gasteiger partial charge in [-0.05, 0) is 35.5 Å². The van der Waals surface area contributed by atoms with Gasteiger partial charge in [0, 0.05) is 38.3 Å². The van der Waals surface area contributed by atoms with Crippen LogP contribution in [0.2, 0.25) is 0 Å². The Morgan fingerprint density at radius 2 is 0.464 bits per heavy atom. The first kappa shape index (κ1) is 34.5. The van der Waals surface area contributed by atoms with Crippen LogP contribution in [0.5, 0.6) is 0 Å². The lowest BCUT2D eigenvalue weighted by Gasteiger charge is -2.11. The predicted octanol–water partition coefficient (Wildman–Crippen LogP) is 7.74. The van der Waals surface area contributed by atoms with E-state index in [4.69, 9.17) is 0 Å². The number of rotatable bonds is 6. The van der Waals surface area contributed by atoms with E-state index >= 15 is 0 Å². The summed E-state index contributed by atoms with van der Waals surface area (Å²) in [5.74, 6) is 3.64. The molecule has 0 spiro atoms. The van der Waals surface area contributed by atoms with E-state index in [1.807, 2.05) is 21.1 Å². The average Bonchev–Trinajstić information content (AvgIpc) is 2.47. The number of aliphatic imine (C=N–C) groups is 3. The molecule has 0 aliphatic rings. The van der Waals surface area contributed by atoms with Crippen molar-refractivity contribution in [1.29, 1.82) is 0 Å². The zero-order chi connectivity index (χ0) is 22.3. The van der Waals surface area contributed by atoms with E-state index in [9.17, 15) is 0 Å². The van der Waals surface area contributed by atoms with E-state index in [1.165, 1.54) is 17.1 Å². The molecule has 3 heteroatoms. The van der Waals surface area contributed by atoms with Crippen molar-refractivity contribution in [3.63, 3.8) is 0 Å². The molecule has 0 amide bonds. The third-order valence-electron chi connectivity index (χ3n) is 4.32. The minimum absolute atomic E-state index is 0. The molecule has 0 radical (unpaired) electrons. The zero-order valence-electron chi connectivity index (χ0n) is 21.3. The molecule has 0 fully saturated rings. The molecule has 0 saturated carbocycles. The summed E-state index contributed by atoms with van der Waals surface area (Å²) >= 11 is 0. The van der Waals surface area contributed by atoms with E-state index in [0.717, 1.165) is 0 Å². The molecular weight excluding hydrogens is 342 g/mol. The molecule has 0 aromatic carbocycles. The van der Waals surface area contributed by atoms with Crippen molar-refractivity contribution >= 4 is 17.1 Å². The van der Waals surface area contributed by atoms with Gasteiger partial charge in [0.05, 0.1) is 0 Å². The summed E-state index contributed by atoms with van der Waals surface area (Å²) in [6, 6.07) is 0. The van der Waals surface area contributed by atoms with Gasteiger partial charge < -0.3 is 0 Å². The molecule has 0 N–H and O–H groups in total. The molecule has 0 unspecified atom stereocenters. The predicted molar refractivity (Wildman–Crippen MR) is 136 cm³/mol. The quantitative estimate of drug-likeness (QED) is 0.411. The van der Waals surface area contributed by atoms with Crippen LogP contribution in [-0.4, -0.2) is 38.3 Å². The molecule has 0 aliphatic carbocycles. The Morgan fingerprint density at radius 1 is 0.357 bits per heavy atom. The zero-order valence-corrected chi connectivity index (χ0v) is 21.3. The molecule has 0 aliphatic heterocycles. The lowest BCUT2D eigenvalue weighted by atomic mass is 9.98. The Morgan fingerprint density at radius 3 is 0.464 bits per heavy atom. The van der Waals surface area contributed by atoms with E-state index in [0.29, 0.717) is 35.5 Å². The molecular formula is C25H55N3. The third-order valence-corrected chi connectivity index (χ3v) is 4.32. The summed E-state index contributed by atoms with van der Waals surface area (Å²) in [5.41, 5.74) is 3.94. The largest absolute Gasteiger partial charge is 0.297 e. The lowest BCUT2D eigenvalue weighted by Crippen LogP contribution is -2.14.